The molecule has 3 rings (SSSR count). The number of carbonyl (C=O) groups excluding carboxylic acids is 2. The van der Waals surface area contributed by atoms with E-state index in [0.29, 0.717) is 61.1 Å². The van der Waals surface area contributed by atoms with Gasteiger partial charge in [0.25, 0.3) is 11.8 Å². The van der Waals surface area contributed by atoms with Crippen LogP contribution in [-0.4, -0.2) is 105 Å². The van der Waals surface area contributed by atoms with Crippen LogP contribution in [0.2, 0.25) is 0 Å². The molecule has 0 aromatic heterocycles. The number of ether oxygens (including phenoxy) is 3. The Balaban J connectivity index is 1.99. The third-order valence-corrected chi connectivity index (χ3v) is 5.44. The van der Waals surface area contributed by atoms with Gasteiger partial charge in [0.2, 0.25) is 0 Å². The molecule has 2 amide bonds. The molecule has 2 aliphatic rings. The second-order valence-electron chi connectivity index (χ2n) is 7.10. The largest absolute Gasteiger partial charge is 0.493 e. The van der Waals surface area contributed by atoms with Gasteiger partial charge in [-0.15, -0.1) is 0 Å². The van der Waals surface area contributed by atoms with Gasteiger partial charge in [-0.3, -0.25) is 19.4 Å². The summed E-state index contributed by atoms with van der Waals surface area (Å²) < 4.78 is 15.8. The standard InChI is InChI=1S/C21H29N3O6/c1-28-13-11-24-20(26)18(15-4-5-16(29-2)17(14-15)30-3)19(21(24)27)23-8-6-22(7-9-23)10-12-25/h4-5,14,25H,6-13H2,1-3H3. The summed E-state index contributed by atoms with van der Waals surface area (Å²) in [5.41, 5.74) is 1.39. The summed E-state index contributed by atoms with van der Waals surface area (Å²) in [7, 11) is 4.61. The first-order chi connectivity index (χ1) is 14.5. The summed E-state index contributed by atoms with van der Waals surface area (Å²) in [6.07, 6.45) is 0. The van der Waals surface area contributed by atoms with E-state index in [2.05, 4.69) is 4.90 Å². The predicted molar refractivity (Wildman–Crippen MR) is 110 cm³/mol. The van der Waals surface area contributed by atoms with E-state index in [1.165, 1.54) is 19.1 Å². The number of nitrogens with zero attached hydrogens (tertiary/aromatic N) is 3. The zero-order valence-corrected chi connectivity index (χ0v) is 17.7. The number of hydrogen-bond acceptors (Lipinski definition) is 8. The second kappa shape index (κ2) is 9.92. The van der Waals surface area contributed by atoms with Crippen LogP contribution in [-0.2, 0) is 14.3 Å². The normalized spacial score (nSPS) is 17.9. The SMILES string of the molecule is COCCN1C(=O)C(c2ccc(OC)c(OC)c2)=C(N2CCN(CCO)CC2)C1=O. The van der Waals surface area contributed by atoms with Crippen LogP contribution in [0, 0.1) is 0 Å². The number of imide groups is 1. The van der Waals surface area contributed by atoms with Crippen molar-refractivity contribution < 1.29 is 28.9 Å². The molecule has 0 unspecified atom stereocenters. The van der Waals surface area contributed by atoms with E-state index in [4.69, 9.17) is 19.3 Å². The van der Waals surface area contributed by atoms with Crippen LogP contribution in [0.4, 0.5) is 0 Å². The number of β-amino-alcohol motifs (C(OH)–C–C–N with tert-alkyl or cyclic N) is 1. The van der Waals surface area contributed by atoms with Crippen LogP contribution < -0.4 is 9.47 Å². The van der Waals surface area contributed by atoms with Gasteiger partial charge in [0.05, 0.1) is 39.6 Å². The quantitative estimate of drug-likeness (QED) is 0.561. The lowest BCUT2D eigenvalue weighted by atomic mass is 10.0. The minimum Gasteiger partial charge on any atom is -0.493 e. The first-order valence-electron chi connectivity index (χ1n) is 9.95. The van der Waals surface area contributed by atoms with E-state index < -0.39 is 0 Å². The lowest BCUT2D eigenvalue weighted by Crippen LogP contribution is -2.48. The van der Waals surface area contributed by atoms with Crippen molar-refractivity contribution in [2.24, 2.45) is 0 Å². The monoisotopic (exact) mass is 419 g/mol. The Morgan fingerprint density at radius 2 is 1.63 bits per heavy atom. The average molecular weight is 419 g/mol. The molecule has 0 atom stereocenters. The minimum atomic E-state index is -0.336. The summed E-state index contributed by atoms with van der Waals surface area (Å²) in [6, 6.07) is 5.22. The number of hydrogen-bond donors (Lipinski definition) is 1. The number of rotatable bonds is 9. The molecule has 1 fully saturated rings. The van der Waals surface area contributed by atoms with Crippen molar-refractivity contribution in [1.29, 1.82) is 0 Å². The summed E-state index contributed by atoms with van der Waals surface area (Å²) in [6.45, 7) is 3.79. The van der Waals surface area contributed by atoms with Crippen LogP contribution in [0.5, 0.6) is 11.5 Å². The van der Waals surface area contributed by atoms with Crippen molar-refractivity contribution in [2.45, 2.75) is 0 Å². The Hall–Kier alpha value is -2.62. The van der Waals surface area contributed by atoms with E-state index >= 15 is 0 Å². The molecular weight excluding hydrogens is 390 g/mol. The maximum absolute atomic E-state index is 13.2. The molecule has 0 aliphatic carbocycles. The molecule has 9 nitrogen and oxygen atoms in total. The van der Waals surface area contributed by atoms with Crippen molar-refractivity contribution in [3.05, 3.63) is 29.5 Å². The molecule has 1 N–H and O–H groups in total. The van der Waals surface area contributed by atoms with Crippen molar-refractivity contribution in [1.82, 2.24) is 14.7 Å². The summed E-state index contributed by atoms with van der Waals surface area (Å²) in [5, 5.41) is 9.17. The maximum Gasteiger partial charge on any atom is 0.277 e. The molecule has 30 heavy (non-hydrogen) atoms. The highest BCUT2D eigenvalue weighted by molar-refractivity contribution is 6.35. The number of piperazine rings is 1. The summed E-state index contributed by atoms with van der Waals surface area (Å²) in [4.78, 5) is 31.8. The molecule has 0 radical (unpaired) electrons. The fourth-order valence-corrected chi connectivity index (χ4v) is 3.83. The van der Waals surface area contributed by atoms with Crippen molar-refractivity contribution >= 4 is 17.4 Å². The third-order valence-electron chi connectivity index (χ3n) is 5.44. The smallest absolute Gasteiger partial charge is 0.277 e. The van der Waals surface area contributed by atoms with Crippen molar-refractivity contribution in [3.8, 4) is 11.5 Å². The van der Waals surface area contributed by atoms with E-state index in [1.54, 1.807) is 25.3 Å². The summed E-state index contributed by atoms with van der Waals surface area (Å²) in [5.74, 6) is 0.397. The molecule has 9 heteroatoms. The molecule has 164 valence electrons. The van der Waals surface area contributed by atoms with Gasteiger partial charge in [0, 0.05) is 39.8 Å². The fraction of sp³-hybridized carbons (Fsp3) is 0.524. The Bertz CT molecular complexity index is 817. The zero-order chi connectivity index (χ0) is 21.7. The highest BCUT2D eigenvalue weighted by Gasteiger charge is 2.42. The Labute approximate surface area is 176 Å². The molecule has 0 bridgehead atoms. The van der Waals surface area contributed by atoms with Gasteiger partial charge in [-0.1, -0.05) is 6.07 Å². The van der Waals surface area contributed by atoms with Crippen LogP contribution in [0.3, 0.4) is 0 Å². The number of methoxy groups -OCH3 is 3. The summed E-state index contributed by atoms with van der Waals surface area (Å²) >= 11 is 0. The van der Waals surface area contributed by atoms with Crippen LogP contribution >= 0.6 is 0 Å². The first kappa shape index (κ1) is 22.1. The number of carbonyl (C=O) groups is 2. The number of aliphatic hydroxyl groups is 1. The molecule has 0 spiro atoms. The molecule has 2 heterocycles. The van der Waals surface area contributed by atoms with Gasteiger partial charge in [-0.2, -0.15) is 0 Å². The Kier molecular flexibility index (Phi) is 7.30. The van der Waals surface area contributed by atoms with Gasteiger partial charge >= 0.3 is 0 Å². The molecule has 1 aromatic rings. The van der Waals surface area contributed by atoms with E-state index in [-0.39, 0.29) is 31.6 Å². The number of amides is 2. The Morgan fingerprint density at radius 3 is 2.23 bits per heavy atom. The van der Waals surface area contributed by atoms with Gasteiger partial charge in [-0.25, -0.2) is 0 Å². The number of aliphatic hydroxyl groups excluding tert-OH is 1. The highest BCUT2D eigenvalue weighted by Crippen LogP contribution is 2.36. The topological polar surface area (TPSA) is 91.8 Å². The van der Waals surface area contributed by atoms with Crippen LogP contribution in [0.15, 0.2) is 23.9 Å². The Morgan fingerprint density at radius 1 is 0.933 bits per heavy atom. The molecule has 2 aliphatic heterocycles. The van der Waals surface area contributed by atoms with Gasteiger partial charge < -0.3 is 24.2 Å². The van der Waals surface area contributed by atoms with Crippen LogP contribution in [0.1, 0.15) is 5.56 Å². The van der Waals surface area contributed by atoms with E-state index in [0.717, 1.165) is 0 Å². The number of benzene rings is 1. The second-order valence-corrected chi connectivity index (χ2v) is 7.10. The first-order valence-corrected chi connectivity index (χ1v) is 9.95. The van der Waals surface area contributed by atoms with Gasteiger partial charge in [-0.05, 0) is 17.7 Å². The van der Waals surface area contributed by atoms with Crippen molar-refractivity contribution in [3.63, 3.8) is 0 Å². The highest BCUT2D eigenvalue weighted by atomic mass is 16.5. The van der Waals surface area contributed by atoms with E-state index in [1.807, 2.05) is 4.90 Å². The van der Waals surface area contributed by atoms with E-state index in [9.17, 15) is 9.59 Å². The zero-order valence-electron chi connectivity index (χ0n) is 17.7. The van der Waals surface area contributed by atoms with Crippen molar-refractivity contribution in [2.75, 3.05) is 73.8 Å². The molecule has 0 saturated carbocycles. The van der Waals surface area contributed by atoms with Gasteiger partial charge in [0.15, 0.2) is 11.5 Å². The lowest BCUT2D eigenvalue weighted by Gasteiger charge is -2.36. The van der Waals surface area contributed by atoms with Crippen LogP contribution in [0.25, 0.3) is 5.57 Å². The molecule has 1 saturated heterocycles. The molecular formula is C21H29N3O6. The third kappa shape index (κ3) is 4.28. The average Bonchev–Trinajstić information content (AvgIpc) is 3.02. The molecule has 1 aromatic carbocycles. The fourth-order valence-electron chi connectivity index (χ4n) is 3.83. The maximum atomic E-state index is 13.2. The lowest BCUT2D eigenvalue weighted by molar-refractivity contribution is -0.138. The van der Waals surface area contributed by atoms with Gasteiger partial charge in [0.1, 0.15) is 5.70 Å². The predicted octanol–water partition coefficient (Wildman–Crippen LogP) is 0.0400. The minimum absolute atomic E-state index is 0.0990.